The summed E-state index contributed by atoms with van der Waals surface area (Å²) in [5.74, 6) is 1.03. The Kier molecular flexibility index (Phi) is 3.20. The van der Waals surface area contributed by atoms with Crippen molar-refractivity contribution in [2.45, 2.75) is 33.1 Å². The summed E-state index contributed by atoms with van der Waals surface area (Å²) in [6.45, 7) is 5.79. The van der Waals surface area contributed by atoms with E-state index in [1.807, 2.05) is 0 Å². The molecule has 1 fully saturated rings. The predicted molar refractivity (Wildman–Crippen MR) is 66.7 cm³/mol. The Morgan fingerprint density at radius 1 is 1.31 bits per heavy atom. The first-order valence-electron chi connectivity index (χ1n) is 6.05. The van der Waals surface area contributed by atoms with E-state index in [1.54, 1.807) is 0 Å². The topological polar surface area (TPSA) is 35.2 Å². The van der Waals surface area contributed by atoms with Gasteiger partial charge in [0.2, 0.25) is 0 Å². The van der Waals surface area contributed by atoms with Crippen LogP contribution in [0.3, 0.4) is 0 Å². The molecule has 0 atom stereocenters. The van der Waals surface area contributed by atoms with Crippen molar-refractivity contribution >= 4 is 0 Å². The third-order valence-corrected chi connectivity index (χ3v) is 3.51. The number of benzene rings is 1. The van der Waals surface area contributed by atoms with Crippen LogP contribution in [0.4, 0.5) is 0 Å². The van der Waals surface area contributed by atoms with Crippen LogP contribution >= 0.6 is 0 Å². The first-order valence-corrected chi connectivity index (χ1v) is 6.05. The zero-order valence-electron chi connectivity index (χ0n) is 10.3. The van der Waals surface area contributed by atoms with Gasteiger partial charge in [-0.1, -0.05) is 12.1 Å². The SMILES string of the molecule is Cc1ccc(C)c(OCC2(CCN)CC2)c1. The average Bonchev–Trinajstić information content (AvgIpc) is 3.01. The monoisotopic (exact) mass is 219 g/mol. The summed E-state index contributed by atoms with van der Waals surface area (Å²) in [6.07, 6.45) is 3.64. The van der Waals surface area contributed by atoms with Gasteiger partial charge in [0.25, 0.3) is 0 Å². The zero-order valence-corrected chi connectivity index (χ0v) is 10.3. The number of aryl methyl sites for hydroxylation is 2. The highest BCUT2D eigenvalue weighted by molar-refractivity contribution is 5.36. The summed E-state index contributed by atoms with van der Waals surface area (Å²) in [7, 11) is 0. The second-order valence-electron chi connectivity index (χ2n) is 5.10. The largest absolute Gasteiger partial charge is 0.493 e. The van der Waals surface area contributed by atoms with Gasteiger partial charge in [0.05, 0.1) is 6.61 Å². The second kappa shape index (κ2) is 4.46. The van der Waals surface area contributed by atoms with Gasteiger partial charge in [-0.05, 0) is 56.8 Å². The van der Waals surface area contributed by atoms with Crippen LogP contribution in [0.1, 0.15) is 30.4 Å². The van der Waals surface area contributed by atoms with E-state index in [2.05, 4.69) is 32.0 Å². The Balaban J connectivity index is 1.97. The molecule has 1 aliphatic carbocycles. The molecule has 16 heavy (non-hydrogen) atoms. The van der Waals surface area contributed by atoms with Crippen LogP contribution in [0.15, 0.2) is 18.2 Å². The maximum atomic E-state index is 5.94. The fraction of sp³-hybridized carbons (Fsp3) is 0.571. The summed E-state index contributed by atoms with van der Waals surface area (Å²) in [6, 6.07) is 6.36. The maximum absolute atomic E-state index is 5.94. The summed E-state index contributed by atoms with van der Waals surface area (Å²) < 4.78 is 5.94. The minimum absolute atomic E-state index is 0.394. The molecule has 0 saturated heterocycles. The van der Waals surface area contributed by atoms with E-state index in [4.69, 9.17) is 10.5 Å². The molecule has 1 saturated carbocycles. The van der Waals surface area contributed by atoms with Crippen LogP contribution in [0.25, 0.3) is 0 Å². The molecule has 0 amide bonds. The van der Waals surface area contributed by atoms with Gasteiger partial charge in [-0.3, -0.25) is 0 Å². The van der Waals surface area contributed by atoms with Crippen molar-refractivity contribution in [2.75, 3.05) is 13.2 Å². The molecule has 1 aromatic rings. The average molecular weight is 219 g/mol. The quantitative estimate of drug-likeness (QED) is 0.826. The smallest absolute Gasteiger partial charge is 0.122 e. The van der Waals surface area contributed by atoms with E-state index in [0.717, 1.165) is 25.3 Å². The highest BCUT2D eigenvalue weighted by Gasteiger charge is 2.42. The standard InChI is InChI=1S/C14H21NO/c1-11-3-4-12(2)13(9-11)16-10-14(5-6-14)7-8-15/h3-4,9H,5-8,10,15H2,1-2H3. The number of hydrogen-bond acceptors (Lipinski definition) is 2. The zero-order chi connectivity index (χ0) is 11.6. The molecule has 0 spiro atoms. The van der Waals surface area contributed by atoms with Gasteiger partial charge in [-0.25, -0.2) is 0 Å². The molecule has 1 aliphatic rings. The normalized spacial score (nSPS) is 17.2. The fourth-order valence-electron chi connectivity index (χ4n) is 2.04. The van der Waals surface area contributed by atoms with Gasteiger partial charge in [-0.2, -0.15) is 0 Å². The Hall–Kier alpha value is -1.02. The van der Waals surface area contributed by atoms with Crippen LogP contribution in [0.5, 0.6) is 5.75 Å². The van der Waals surface area contributed by atoms with Crippen LogP contribution in [0, 0.1) is 19.3 Å². The molecular weight excluding hydrogens is 198 g/mol. The summed E-state index contributed by atoms with van der Waals surface area (Å²) in [5.41, 5.74) is 8.49. The van der Waals surface area contributed by atoms with E-state index < -0.39 is 0 Å². The Morgan fingerprint density at radius 2 is 2.06 bits per heavy atom. The lowest BCUT2D eigenvalue weighted by molar-refractivity contribution is 0.225. The predicted octanol–water partition coefficient (Wildman–Crippen LogP) is 2.81. The number of ether oxygens (including phenoxy) is 1. The minimum Gasteiger partial charge on any atom is -0.493 e. The van der Waals surface area contributed by atoms with Gasteiger partial charge in [-0.15, -0.1) is 0 Å². The van der Waals surface area contributed by atoms with Crippen LogP contribution in [-0.2, 0) is 0 Å². The van der Waals surface area contributed by atoms with Gasteiger partial charge < -0.3 is 10.5 Å². The molecular formula is C14H21NO. The Bertz CT molecular complexity index is 369. The summed E-state index contributed by atoms with van der Waals surface area (Å²) in [5, 5.41) is 0. The minimum atomic E-state index is 0.394. The third-order valence-electron chi connectivity index (χ3n) is 3.51. The molecule has 1 aromatic carbocycles. The van der Waals surface area contributed by atoms with E-state index in [-0.39, 0.29) is 0 Å². The second-order valence-corrected chi connectivity index (χ2v) is 5.10. The first kappa shape index (κ1) is 11.5. The van der Waals surface area contributed by atoms with Gasteiger partial charge in [0.1, 0.15) is 5.75 Å². The maximum Gasteiger partial charge on any atom is 0.122 e. The van der Waals surface area contributed by atoms with Gasteiger partial charge >= 0.3 is 0 Å². The third kappa shape index (κ3) is 2.56. The Labute approximate surface area is 97.8 Å². The highest BCUT2D eigenvalue weighted by atomic mass is 16.5. The molecule has 2 nitrogen and oxygen atoms in total. The molecule has 0 aromatic heterocycles. The van der Waals surface area contributed by atoms with Crippen LogP contribution < -0.4 is 10.5 Å². The molecule has 2 heteroatoms. The van der Waals surface area contributed by atoms with E-state index >= 15 is 0 Å². The highest BCUT2D eigenvalue weighted by Crippen LogP contribution is 2.48. The van der Waals surface area contributed by atoms with Crippen molar-refractivity contribution in [1.82, 2.24) is 0 Å². The van der Waals surface area contributed by atoms with Gasteiger partial charge in [0.15, 0.2) is 0 Å². The molecule has 0 bridgehead atoms. The fourth-order valence-corrected chi connectivity index (χ4v) is 2.04. The van der Waals surface area contributed by atoms with Crippen molar-refractivity contribution in [3.05, 3.63) is 29.3 Å². The van der Waals surface area contributed by atoms with Crippen molar-refractivity contribution < 1.29 is 4.74 Å². The molecule has 2 N–H and O–H groups in total. The lowest BCUT2D eigenvalue weighted by Crippen LogP contribution is -2.17. The van der Waals surface area contributed by atoms with Crippen molar-refractivity contribution in [3.63, 3.8) is 0 Å². The lowest BCUT2D eigenvalue weighted by atomic mass is 10.0. The molecule has 0 unspecified atom stereocenters. The van der Waals surface area contributed by atoms with E-state index in [0.29, 0.717) is 5.41 Å². The molecule has 0 radical (unpaired) electrons. The van der Waals surface area contributed by atoms with Crippen LogP contribution in [-0.4, -0.2) is 13.2 Å². The van der Waals surface area contributed by atoms with Crippen molar-refractivity contribution in [1.29, 1.82) is 0 Å². The van der Waals surface area contributed by atoms with Crippen molar-refractivity contribution in [2.24, 2.45) is 11.1 Å². The molecule has 2 rings (SSSR count). The Morgan fingerprint density at radius 3 is 2.69 bits per heavy atom. The molecule has 0 heterocycles. The first-order chi connectivity index (χ1) is 7.65. The molecule has 0 aliphatic heterocycles. The summed E-state index contributed by atoms with van der Waals surface area (Å²) in [4.78, 5) is 0. The number of hydrogen-bond donors (Lipinski definition) is 1. The van der Waals surface area contributed by atoms with E-state index in [1.165, 1.54) is 24.0 Å². The number of nitrogens with two attached hydrogens (primary N) is 1. The number of rotatable bonds is 5. The van der Waals surface area contributed by atoms with Crippen LogP contribution in [0.2, 0.25) is 0 Å². The van der Waals surface area contributed by atoms with Crippen molar-refractivity contribution in [3.8, 4) is 5.75 Å². The summed E-state index contributed by atoms with van der Waals surface area (Å²) >= 11 is 0. The lowest BCUT2D eigenvalue weighted by Gasteiger charge is -2.16. The van der Waals surface area contributed by atoms with E-state index in [9.17, 15) is 0 Å². The van der Waals surface area contributed by atoms with Gasteiger partial charge in [0, 0.05) is 5.41 Å². The molecule has 88 valence electrons.